The van der Waals surface area contributed by atoms with Crippen molar-refractivity contribution in [2.24, 2.45) is 0 Å². The highest BCUT2D eigenvalue weighted by atomic mass is 19.1. The summed E-state index contributed by atoms with van der Waals surface area (Å²) in [5.74, 6) is 0.362. The topological polar surface area (TPSA) is 50.4 Å². The van der Waals surface area contributed by atoms with Crippen LogP contribution < -0.4 is 15.4 Å². The van der Waals surface area contributed by atoms with Crippen molar-refractivity contribution in [2.45, 2.75) is 19.8 Å². The van der Waals surface area contributed by atoms with E-state index in [9.17, 15) is 9.18 Å². The zero-order valence-corrected chi connectivity index (χ0v) is 14.1. The third-order valence-corrected chi connectivity index (χ3v) is 3.66. The Balaban J connectivity index is 1.70. The molecule has 1 amide bonds. The van der Waals surface area contributed by atoms with Gasteiger partial charge in [-0.3, -0.25) is 4.79 Å². The van der Waals surface area contributed by atoms with E-state index in [1.807, 2.05) is 25.1 Å². The third kappa shape index (κ3) is 5.66. The molecule has 2 N–H and O–H groups in total. The van der Waals surface area contributed by atoms with Gasteiger partial charge < -0.3 is 15.4 Å². The Hall–Kier alpha value is -2.40. The highest BCUT2D eigenvalue weighted by molar-refractivity contribution is 5.92. The second-order valence-electron chi connectivity index (χ2n) is 5.63. The maximum atomic E-state index is 12.8. The van der Waals surface area contributed by atoms with Gasteiger partial charge in [0.1, 0.15) is 11.6 Å². The van der Waals surface area contributed by atoms with Crippen molar-refractivity contribution < 1.29 is 13.9 Å². The molecule has 0 aliphatic heterocycles. The lowest BCUT2D eigenvalue weighted by Gasteiger charge is -2.11. The first kappa shape index (κ1) is 17.9. The van der Waals surface area contributed by atoms with Crippen molar-refractivity contribution in [3.63, 3.8) is 0 Å². The summed E-state index contributed by atoms with van der Waals surface area (Å²) in [7, 11) is 1.58. The van der Waals surface area contributed by atoms with Crippen molar-refractivity contribution in [3.8, 4) is 5.75 Å². The van der Waals surface area contributed by atoms with Gasteiger partial charge >= 0.3 is 0 Å². The average molecular weight is 330 g/mol. The van der Waals surface area contributed by atoms with Gasteiger partial charge in [-0.05, 0) is 55.3 Å². The molecular formula is C19H23FN2O2. The maximum Gasteiger partial charge on any atom is 0.225 e. The number of carbonyl (C=O) groups excluding carboxylic acids is 1. The molecule has 0 bridgehead atoms. The van der Waals surface area contributed by atoms with Crippen molar-refractivity contribution in [3.05, 3.63) is 59.4 Å². The van der Waals surface area contributed by atoms with Crippen LogP contribution in [0.4, 0.5) is 10.1 Å². The molecular weight excluding hydrogens is 307 g/mol. The molecule has 0 aromatic heterocycles. The van der Waals surface area contributed by atoms with Gasteiger partial charge in [-0.1, -0.05) is 18.2 Å². The van der Waals surface area contributed by atoms with E-state index in [1.54, 1.807) is 19.2 Å². The molecule has 0 atom stereocenters. The Bertz CT molecular complexity index is 672. The van der Waals surface area contributed by atoms with Gasteiger partial charge in [0.25, 0.3) is 0 Å². The minimum Gasteiger partial charge on any atom is -0.495 e. The maximum absolute atomic E-state index is 12.8. The molecule has 0 spiro atoms. The van der Waals surface area contributed by atoms with Gasteiger partial charge in [0, 0.05) is 13.0 Å². The van der Waals surface area contributed by atoms with Crippen LogP contribution in [0.5, 0.6) is 5.75 Å². The molecule has 2 aromatic rings. The number of amides is 1. The first-order chi connectivity index (χ1) is 11.6. The number of hydrogen-bond donors (Lipinski definition) is 2. The number of benzene rings is 2. The highest BCUT2D eigenvalue weighted by Gasteiger charge is 2.07. The number of nitrogens with one attached hydrogen (secondary N) is 2. The number of rotatable bonds is 8. The molecule has 24 heavy (non-hydrogen) atoms. The molecule has 0 heterocycles. The van der Waals surface area contributed by atoms with E-state index in [0.29, 0.717) is 24.4 Å². The predicted octanol–water partition coefficient (Wildman–Crippen LogP) is 3.30. The summed E-state index contributed by atoms with van der Waals surface area (Å²) < 4.78 is 18.1. The summed E-state index contributed by atoms with van der Waals surface area (Å²) in [5.41, 5.74) is 2.81. The SMILES string of the molecule is COc1ccc(C)cc1NC(=O)CCNCCc1ccc(F)cc1. The van der Waals surface area contributed by atoms with Crippen molar-refractivity contribution in [1.29, 1.82) is 0 Å². The monoisotopic (exact) mass is 330 g/mol. The number of aryl methyl sites for hydroxylation is 1. The van der Waals surface area contributed by atoms with E-state index >= 15 is 0 Å². The van der Waals surface area contributed by atoms with Crippen molar-refractivity contribution in [2.75, 3.05) is 25.5 Å². The number of ether oxygens (including phenoxy) is 1. The van der Waals surface area contributed by atoms with Crippen LogP contribution in [-0.4, -0.2) is 26.1 Å². The smallest absolute Gasteiger partial charge is 0.225 e. The van der Waals surface area contributed by atoms with Gasteiger partial charge in [0.2, 0.25) is 5.91 Å². The average Bonchev–Trinajstić information content (AvgIpc) is 2.56. The van der Waals surface area contributed by atoms with Gasteiger partial charge in [-0.25, -0.2) is 4.39 Å². The first-order valence-electron chi connectivity index (χ1n) is 7.98. The number of anilines is 1. The Morgan fingerprint density at radius 3 is 2.58 bits per heavy atom. The summed E-state index contributed by atoms with van der Waals surface area (Å²) in [4.78, 5) is 12.0. The molecule has 0 saturated heterocycles. The molecule has 0 saturated carbocycles. The Morgan fingerprint density at radius 2 is 1.88 bits per heavy atom. The van der Waals surface area contributed by atoms with Crippen molar-refractivity contribution in [1.82, 2.24) is 5.32 Å². The van der Waals surface area contributed by atoms with Crippen LogP contribution in [0.2, 0.25) is 0 Å². The van der Waals surface area contributed by atoms with Crippen LogP contribution in [0, 0.1) is 12.7 Å². The quantitative estimate of drug-likeness (QED) is 0.730. The normalized spacial score (nSPS) is 10.5. The number of hydrogen-bond acceptors (Lipinski definition) is 3. The molecule has 0 unspecified atom stereocenters. The molecule has 2 rings (SSSR count). The second-order valence-corrected chi connectivity index (χ2v) is 5.63. The fourth-order valence-corrected chi connectivity index (χ4v) is 2.34. The van der Waals surface area contributed by atoms with E-state index in [0.717, 1.165) is 24.1 Å². The summed E-state index contributed by atoms with van der Waals surface area (Å²) in [6.07, 6.45) is 1.17. The molecule has 0 aliphatic rings. The predicted molar refractivity (Wildman–Crippen MR) is 94.0 cm³/mol. The molecule has 5 heteroatoms. The summed E-state index contributed by atoms with van der Waals surface area (Å²) in [6.45, 7) is 3.29. The minimum absolute atomic E-state index is 0.0619. The summed E-state index contributed by atoms with van der Waals surface area (Å²) >= 11 is 0. The highest BCUT2D eigenvalue weighted by Crippen LogP contribution is 2.25. The fourth-order valence-electron chi connectivity index (χ4n) is 2.34. The zero-order valence-electron chi connectivity index (χ0n) is 14.1. The van der Waals surface area contributed by atoms with Crippen LogP contribution in [0.25, 0.3) is 0 Å². The van der Waals surface area contributed by atoms with E-state index < -0.39 is 0 Å². The van der Waals surface area contributed by atoms with Crippen LogP contribution in [0.15, 0.2) is 42.5 Å². The lowest BCUT2D eigenvalue weighted by atomic mass is 10.1. The molecule has 2 aromatic carbocycles. The standard InChI is InChI=1S/C19H23FN2O2/c1-14-3-8-18(24-2)17(13-14)22-19(23)10-12-21-11-9-15-4-6-16(20)7-5-15/h3-8,13,21H,9-12H2,1-2H3,(H,22,23). The number of carbonyl (C=O) groups is 1. The Kier molecular flexibility index (Phi) is 6.75. The Labute approximate surface area is 142 Å². The summed E-state index contributed by atoms with van der Waals surface area (Å²) in [6, 6.07) is 12.1. The van der Waals surface area contributed by atoms with Gasteiger partial charge in [-0.2, -0.15) is 0 Å². The van der Waals surface area contributed by atoms with Crippen LogP contribution >= 0.6 is 0 Å². The van der Waals surface area contributed by atoms with Gasteiger partial charge in [0.05, 0.1) is 12.8 Å². The van der Waals surface area contributed by atoms with E-state index in [1.165, 1.54) is 12.1 Å². The second kappa shape index (κ2) is 9.03. The molecule has 0 fully saturated rings. The third-order valence-electron chi connectivity index (χ3n) is 3.66. The lowest BCUT2D eigenvalue weighted by molar-refractivity contribution is -0.116. The van der Waals surface area contributed by atoms with Crippen LogP contribution in [0.1, 0.15) is 17.5 Å². The molecule has 0 radical (unpaired) electrons. The lowest BCUT2D eigenvalue weighted by Crippen LogP contribution is -2.23. The van der Waals surface area contributed by atoms with Gasteiger partial charge in [-0.15, -0.1) is 0 Å². The van der Waals surface area contributed by atoms with Crippen molar-refractivity contribution >= 4 is 11.6 Å². The Morgan fingerprint density at radius 1 is 1.12 bits per heavy atom. The summed E-state index contributed by atoms with van der Waals surface area (Å²) in [5, 5.41) is 6.09. The van der Waals surface area contributed by atoms with Crippen LogP contribution in [-0.2, 0) is 11.2 Å². The van der Waals surface area contributed by atoms with E-state index in [2.05, 4.69) is 10.6 Å². The fraction of sp³-hybridized carbons (Fsp3) is 0.316. The first-order valence-corrected chi connectivity index (χ1v) is 7.98. The zero-order chi connectivity index (χ0) is 17.4. The molecule has 0 aliphatic carbocycles. The van der Waals surface area contributed by atoms with Crippen LogP contribution in [0.3, 0.4) is 0 Å². The largest absolute Gasteiger partial charge is 0.495 e. The number of halogens is 1. The minimum atomic E-state index is -0.227. The number of methoxy groups -OCH3 is 1. The van der Waals surface area contributed by atoms with Gasteiger partial charge in [0.15, 0.2) is 0 Å². The van der Waals surface area contributed by atoms with E-state index in [-0.39, 0.29) is 11.7 Å². The van der Waals surface area contributed by atoms with E-state index in [4.69, 9.17) is 4.74 Å². The molecule has 4 nitrogen and oxygen atoms in total. The molecule has 128 valence electrons.